The summed E-state index contributed by atoms with van der Waals surface area (Å²) in [5.74, 6) is -2.04. The maximum absolute atomic E-state index is 12.8. The highest BCUT2D eigenvalue weighted by Crippen LogP contribution is 2.24. The van der Waals surface area contributed by atoms with Crippen LogP contribution in [0.15, 0.2) is 60.8 Å². The van der Waals surface area contributed by atoms with E-state index in [2.05, 4.69) is 74.6 Å². The molecule has 0 aromatic carbocycles. The highest BCUT2D eigenvalue weighted by atomic mass is 32.2. The summed E-state index contributed by atoms with van der Waals surface area (Å²) >= 11 is 0. The second-order valence-corrected chi connectivity index (χ2v) is 17.9. The van der Waals surface area contributed by atoms with Gasteiger partial charge in [-0.3, -0.25) is 14.1 Å². The fraction of sp³-hybridized carbons (Fsp3) is 0.755. The van der Waals surface area contributed by atoms with E-state index in [0.29, 0.717) is 12.8 Å². The van der Waals surface area contributed by atoms with Crippen LogP contribution in [0.2, 0.25) is 0 Å². The van der Waals surface area contributed by atoms with Crippen LogP contribution in [-0.4, -0.2) is 96.0 Å². The largest absolute Gasteiger partial charge is 0.462 e. The molecule has 12 nitrogen and oxygen atoms in total. The summed E-state index contributed by atoms with van der Waals surface area (Å²) in [6.07, 6.45) is 38.3. The number of unbranched alkanes of at least 4 members (excludes halogenated alkanes) is 17. The monoisotopic (exact) mass is 897 g/mol. The van der Waals surface area contributed by atoms with Crippen LogP contribution < -0.4 is 0 Å². The molecule has 2 unspecified atom stereocenters. The number of carbonyl (C=O) groups is 2. The first-order chi connectivity index (χ1) is 30.0. The second kappa shape index (κ2) is 38.8. The van der Waals surface area contributed by atoms with Crippen molar-refractivity contribution in [1.82, 2.24) is 0 Å². The first-order valence-corrected chi connectivity index (χ1v) is 25.5. The number of hydrogen-bond donors (Lipinski definition) is 4. The summed E-state index contributed by atoms with van der Waals surface area (Å²) in [6, 6.07) is 0. The normalized spacial score (nSPS) is 20.4. The molecule has 0 amide bonds. The molecule has 1 rings (SSSR count). The fourth-order valence-electron chi connectivity index (χ4n) is 6.83. The van der Waals surface area contributed by atoms with Crippen molar-refractivity contribution in [1.29, 1.82) is 0 Å². The summed E-state index contributed by atoms with van der Waals surface area (Å²) < 4.78 is 54.1. The predicted octanol–water partition coefficient (Wildman–Crippen LogP) is 10.1. The molecule has 0 aliphatic carbocycles. The van der Waals surface area contributed by atoms with Crippen molar-refractivity contribution in [2.45, 2.75) is 218 Å². The summed E-state index contributed by atoms with van der Waals surface area (Å²) in [7, 11) is -4.61. The summed E-state index contributed by atoms with van der Waals surface area (Å²) in [5, 5.41) is 30.9. The van der Waals surface area contributed by atoms with Crippen molar-refractivity contribution < 1.29 is 56.8 Å². The second-order valence-electron chi connectivity index (χ2n) is 16.4. The van der Waals surface area contributed by atoms with E-state index in [0.717, 1.165) is 77.0 Å². The molecule has 1 aliphatic rings. The Morgan fingerprint density at radius 1 is 0.548 bits per heavy atom. The molecule has 1 heterocycles. The number of aliphatic hydroxyl groups excluding tert-OH is 3. The summed E-state index contributed by atoms with van der Waals surface area (Å²) in [5.41, 5.74) is 0. The molecule has 13 heteroatoms. The SMILES string of the molecule is CCCCC/C=C/C/C=C/C/C=C/C/C=C/CCCCCC(=O)OC[C@H](CO[C@H]1O[C@H](CS(=O)(=O)O)[C@@H](O)C(O)C1O)OC(=O)CCCCCCC/C=C/CCCCCCCC. The van der Waals surface area contributed by atoms with Gasteiger partial charge in [0.25, 0.3) is 10.1 Å². The maximum atomic E-state index is 12.8. The molecule has 1 fully saturated rings. The van der Waals surface area contributed by atoms with Gasteiger partial charge in [-0.05, 0) is 83.5 Å². The van der Waals surface area contributed by atoms with Crippen LogP contribution in [0.25, 0.3) is 0 Å². The van der Waals surface area contributed by atoms with E-state index >= 15 is 0 Å². The lowest BCUT2D eigenvalue weighted by molar-refractivity contribution is -0.297. The molecule has 0 radical (unpaired) electrons. The van der Waals surface area contributed by atoms with Crippen molar-refractivity contribution in [3.63, 3.8) is 0 Å². The van der Waals surface area contributed by atoms with E-state index in [9.17, 15) is 37.9 Å². The zero-order valence-electron chi connectivity index (χ0n) is 38.2. The van der Waals surface area contributed by atoms with E-state index in [1.54, 1.807) is 0 Å². The molecule has 1 aliphatic heterocycles. The molecule has 62 heavy (non-hydrogen) atoms. The zero-order valence-corrected chi connectivity index (χ0v) is 39.0. The Morgan fingerprint density at radius 2 is 0.968 bits per heavy atom. The maximum Gasteiger partial charge on any atom is 0.306 e. The molecule has 0 saturated carbocycles. The van der Waals surface area contributed by atoms with Gasteiger partial charge in [0.15, 0.2) is 12.4 Å². The van der Waals surface area contributed by atoms with Gasteiger partial charge in [0.05, 0.1) is 6.61 Å². The minimum Gasteiger partial charge on any atom is -0.462 e. The Kier molecular flexibility index (Phi) is 35.9. The van der Waals surface area contributed by atoms with Crippen molar-refractivity contribution >= 4 is 22.1 Å². The third kappa shape index (κ3) is 32.9. The number of esters is 2. The standard InChI is InChI=1S/C49H84O12S/c1-3-5-7-9-11-13-15-17-19-20-21-22-24-25-27-29-31-33-35-37-44(50)58-39-42(40-59-49-48(54)47(53)46(52)43(61-49)41-62(55,56)57)60-45(51)38-36-34-32-30-28-26-23-18-16-14-12-10-8-6-4-2/h11,13,17-19,21-23,25,27,42-43,46-49,52-54H,3-10,12,14-16,20,24,26,28-41H2,1-2H3,(H,55,56,57)/b13-11+,19-17+,22-21+,23-18+,27-25+/t42-,43-,46-,47?,48?,49+/m1/s1. The Bertz CT molecular complexity index is 1370. The molecule has 6 atom stereocenters. The number of aliphatic hydroxyl groups is 3. The lowest BCUT2D eigenvalue weighted by Gasteiger charge is -2.40. The van der Waals surface area contributed by atoms with E-state index in [4.69, 9.17) is 18.9 Å². The van der Waals surface area contributed by atoms with Crippen LogP contribution in [0.4, 0.5) is 0 Å². The molecule has 4 N–H and O–H groups in total. The van der Waals surface area contributed by atoms with Gasteiger partial charge in [0.2, 0.25) is 0 Å². The van der Waals surface area contributed by atoms with Gasteiger partial charge in [-0.25, -0.2) is 0 Å². The van der Waals surface area contributed by atoms with Gasteiger partial charge in [-0.15, -0.1) is 0 Å². The molecule has 1 saturated heterocycles. The van der Waals surface area contributed by atoms with E-state index in [-0.39, 0.29) is 19.4 Å². The third-order valence-corrected chi connectivity index (χ3v) is 11.3. The molecule has 358 valence electrons. The average Bonchev–Trinajstić information content (AvgIpc) is 3.24. The lowest BCUT2D eigenvalue weighted by Crippen LogP contribution is -2.60. The molecular weight excluding hydrogens is 813 g/mol. The van der Waals surface area contributed by atoms with E-state index < -0.39 is 71.2 Å². The first-order valence-electron chi connectivity index (χ1n) is 23.8. The quantitative estimate of drug-likeness (QED) is 0.0198. The highest BCUT2D eigenvalue weighted by molar-refractivity contribution is 7.85. The van der Waals surface area contributed by atoms with Gasteiger partial charge in [-0.1, -0.05) is 145 Å². The van der Waals surface area contributed by atoms with Crippen LogP contribution in [0.5, 0.6) is 0 Å². The molecule has 0 aromatic heterocycles. The molecule has 0 spiro atoms. The van der Waals surface area contributed by atoms with Gasteiger partial charge in [0, 0.05) is 12.8 Å². The summed E-state index contributed by atoms with van der Waals surface area (Å²) in [6.45, 7) is 3.69. The van der Waals surface area contributed by atoms with Crippen LogP contribution in [0.1, 0.15) is 181 Å². The fourth-order valence-corrected chi connectivity index (χ4v) is 7.52. The van der Waals surface area contributed by atoms with Crippen molar-refractivity contribution in [3.8, 4) is 0 Å². The number of hydrogen-bond acceptors (Lipinski definition) is 11. The van der Waals surface area contributed by atoms with Gasteiger partial charge in [0.1, 0.15) is 36.8 Å². The number of rotatable bonds is 39. The van der Waals surface area contributed by atoms with Gasteiger partial charge >= 0.3 is 11.9 Å². The number of ether oxygens (including phenoxy) is 4. The van der Waals surface area contributed by atoms with Crippen molar-refractivity contribution in [3.05, 3.63) is 60.8 Å². The third-order valence-electron chi connectivity index (χ3n) is 10.6. The number of allylic oxidation sites excluding steroid dienone is 10. The van der Waals surface area contributed by atoms with E-state index in [1.165, 1.54) is 64.2 Å². The smallest absolute Gasteiger partial charge is 0.306 e. The van der Waals surface area contributed by atoms with Gasteiger partial charge in [-0.2, -0.15) is 8.42 Å². The van der Waals surface area contributed by atoms with Crippen LogP contribution in [-0.2, 0) is 38.7 Å². The Hall–Kier alpha value is -2.65. The minimum absolute atomic E-state index is 0.145. The molecule has 0 aromatic rings. The van der Waals surface area contributed by atoms with Gasteiger partial charge < -0.3 is 34.3 Å². The van der Waals surface area contributed by atoms with Crippen molar-refractivity contribution in [2.24, 2.45) is 0 Å². The molecule has 0 bridgehead atoms. The Labute approximate surface area is 375 Å². The topological polar surface area (TPSA) is 186 Å². The van der Waals surface area contributed by atoms with Crippen LogP contribution in [0.3, 0.4) is 0 Å². The Balaban J connectivity index is 2.46. The van der Waals surface area contributed by atoms with Crippen molar-refractivity contribution in [2.75, 3.05) is 19.0 Å². The Morgan fingerprint density at radius 3 is 1.50 bits per heavy atom. The van der Waals surface area contributed by atoms with E-state index in [1.807, 2.05) is 0 Å². The summed E-state index contributed by atoms with van der Waals surface area (Å²) in [4.78, 5) is 25.4. The molecular formula is C49H84O12S. The van der Waals surface area contributed by atoms with Crippen LogP contribution in [0, 0.1) is 0 Å². The highest BCUT2D eigenvalue weighted by Gasteiger charge is 2.46. The van der Waals surface area contributed by atoms with Crippen LogP contribution >= 0.6 is 0 Å². The average molecular weight is 897 g/mol. The number of carbonyl (C=O) groups excluding carboxylic acids is 2. The first kappa shape index (κ1) is 57.4. The lowest BCUT2D eigenvalue weighted by atomic mass is 10.00. The zero-order chi connectivity index (χ0) is 45.5. The minimum atomic E-state index is -4.61. The predicted molar refractivity (Wildman–Crippen MR) is 247 cm³/mol.